The van der Waals surface area contributed by atoms with Crippen LogP contribution in [0, 0.1) is 10.1 Å². The first-order valence-corrected chi connectivity index (χ1v) is 7.17. The van der Waals surface area contributed by atoms with Gasteiger partial charge in [-0.05, 0) is 5.56 Å². The fourth-order valence-electron chi connectivity index (χ4n) is 2.01. The smallest absolute Gasteiger partial charge is 0.358 e. The van der Waals surface area contributed by atoms with Crippen LogP contribution in [0.15, 0.2) is 49.1 Å². The quantitative estimate of drug-likeness (QED) is 0.374. The minimum atomic E-state index is -0.599. The maximum Gasteiger partial charge on any atom is 0.358 e. The van der Waals surface area contributed by atoms with E-state index in [1.54, 1.807) is 23.0 Å². The molecule has 0 saturated carbocycles. The summed E-state index contributed by atoms with van der Waals surface area (Å²) in [6.45, 7) is 0.346. The molecule has 10 heteroatoms. The van der Waals surface area contributed by atoms with Gasteiger partial charge in [0.05, 0.1) is 23.9 Å². The number of aromatic nitrogens is 5. The zero-order valence-corrected chi connectivity index (χ0v) is 12.8. The van der Waals surface area contributed by atoms with Crippen molar-refractivity contribution in [2.24, 2.45) is 0 Å². The second kappa shape index (κ2) is 7.25. The van der Waals surface area contributed by atoms with Crippen LogP contribution in [0.1, 0.15) is 21.7 Å². The van der Waals surface area contributed by atoms with E-state index < -0.39 is 10.9 Å². The normalized spacial score (nSPS) is 10.4. The third-order valence-electron chi connectivity index (χ3n) is 3.20. The molecule has 0 saturated heterocycles. The fraction of sp³-hybridized carbons (Fsp3) is 0.133. The van der Waals surface area contributed by atoms with Gasteiger partial charge in [0.25, 0.3) is 5.69 Å². The summed E-state index contributed by atoms with van der Waals surface area (Å²) in [4.78, 5) is 29.6. The predicted octanol–water partition coefficient (Wildman–Crippen LogP) is 1.38. The first-order valence-electron chi connectivity index (χ1n) is 7.17. The van der Waals surface area contributed by atoms with Crippen LogP contribution in [0.2, 0.25) is 0 Å². The van der Waals surface area contributed by atoms with E-state index in [-0.39, 0.29) is 18.0 Å². The van der Waals surface area contributed by atoms with Crippen LogP contribution in [0.5, 0.6) is 0 Å². The van der Waals surface area contributed by atoms with Crippen molar-refractivity contribution < 1.29 is 14.5 Å². The number of carbonyl (C=O) groups is 1. The summed E-state index contributed by atoms with van der Waals surface area (Å²) in [5, 5.41) is 18.5. The zero-order valence-electron chi connectivity index (χ0n) is 12.8. The van der Waals surface area contributed by atoms with Crippen LogP contribution in [0.3, 0.4) is 0 Å². The van der Waals surface area contributed by atoms with Crippen molar-refractivity contribution in [3.8, 4) is 0 Å². The zero-order chi connectivity index (χ0) is 17.6. The number of carbonyl (C=O) groups excluding carboxylic acids is 1. The molecule has 0 N–H and O–H groups in total. The summed E-state index contributed by atoms with van der Waals surface area (Å²) in [5.41, 5.74) is 1.44. The molecule has 0 unspecified atom stereocenters. The van der Waals surface area contributed by atoms with E-state index in [4.69, 9.17) is 4.74 Å². The third kappa shape index (κ3) is 4.19. The Morgan fingerprint density at radius 3 is 2.72 bits per heavy atom. The van der Waals surface area contributed by atoms with Gasteiger partial charge in [-0.15, -0.1) is 5.10 Å². The third-order valence-corrected chi connectivity index (χ3v) is 3.20. The molecule has 25 heavy (non-hydrogen) atoms. The number of esters is 1. The SMILES string of the molecule is O=C(OCc1cn(Cc2ccc([N+](=O)[O-])cc2)nn1)c1cnccn1. The molecule has 0 amide bonds. The average Bonchev–Trinajstić information content (AvgIpc) is 3.08. The molecule has 0 fully saturated rings. The maximum atomic E-state index is 11.8. The molecular formula is C15H12N6O4. The van der Waals surface area contributed by atoms with E-state index in [9.17, 15) is 14.9 Å². The molecule has 2 heterocycles. The number of nitrogens with zero attached hydrogens (tertiary/aromatic N) is 6. The summed E-state index contributed by atoms with van der Waals surface area (Å²) in [7, 11) is 0. The van der Waals surface area contributed by atoms with Crippen molar-refractivity contribution in [1.82, 2.24) is 25.0 Å². The van der Waals surface area contributed by atoms with Crippen LogP contribution in [-0.4, -0.2) is 35.9 Å². The van der Waals surface area contributed by atoms with Gasteiger partial charge in [-0.2, -0.15) is 0 Å². The topological polar surface area (TPSA) is 126 Å². The Kier molecular flexibility index (Phi) is 4.69. The molecule has 2 aromatic heterocycles. The van der Waals surface area contributed by atoms with Crippen LogP contribution >= 0.6 is 0 Å². The molecule has 3 aromatic rings. The highest BCUT2D eigenvalue weighted by atomic mass is 16.6. The monoisotopic (exact) mass is 340 g/mol. The molecule has 10 nitrogen and oxygen atoms in total. The number of hydrogen-bond donors (Lipinski definition) is 0. The summed E-state index contributed by atoms with van der Waals surface area (Å²) in [5.74, 6) is -0.599. The summed E-state index contributed by atoms with van der Waals surface area (Å²) < 4.78 is 6.64. The molecule has 0 spiro atoms. The lowest BCUT2D eigenvalue weighted by Crippen LogP contribution is -2.07. The summed E-state index contributed by atoms with van der Waals surface area (Å²) in [6, 6.07) is 6.15. The molecular weight excluding hydrogens is 328 g/mol. The molecule has 3 rings (SSSR count). The average molecular weight is 340 g/mol. The Balaban J connectivity index is 1.57. The molecule has 0 atom stereocenters. The number of benzene rings is 1. The number of hydrogen-bond acceptors (Lipinski definition) is 8. The van der Waals surface area contributed by atoms with Crippen LogP contribution in [0.4, 0.5) is 5.69 Å². The fourth-order valence-corrected chi connectivity index (χ4v) is 2.01. The molecule has 0 bridgehead atoms. The van der Waals surface area contributed by atoms with Gasteiger partial charge in [-0.25, -0.2) is 14.5 Å². The highest BCUT2D eigenvalue weighted by Gasteiger charge is 2.11. The van der Waals surface area contributed by atoms with Crippen molar-refractivity contribution >= 4 is 11.7 Å². The number of rotatable bonds is 6. The van der Waals surface area contributed by atoms with Crippen molar-refractivity contribution in [1.29, 1.82) is 0 Å². The van der Waals surface area contributed by atoms with Crippen molar-refractivity contribution in [3.63, 3.8) is 0 Å². The second-order valence-electron chi connectivity index (χ2n) is 5.00. The van der Waals surface area contributed by atoms with Crippen molar-refractivity contribution in [3.05, 3.63) is 76.1 Å². The number of nitro benzene ring substituents is 1. The van der Waals surface area contributed by atoms with Gasteiger partial charge in [0, 0.05) is 24.5 Å². The Bertz CT molecular complexity index is 879. The molecule has 126 valence electrons. The Labute approximate surface area is 141 Å². The van der Waals surface area contributed by atoms with Gasteiger partial charge in [0.1, 0.15) is 12.3 Å². The first kappa shape index (κ1) is 16.2. The van der Waals surface area contributed by atoms with Gasteiger partial charge in [-0.1, -0.05) is 17.3 Å². The van der Waals surface area contributed by atoms with Gasteiger partial charge in [0.15, 0.2) is 5.69 Å². The van der Waals surface area contributed by atoms with E-state index in [1.165, 1.54) is 30.7 Å². The Hall–Kier alpha value is -3.69. The minimum Gasteiger partial charge on any atom is -0.454 e. The van der Waals surface area contributed by atoms with E-state index in [1.807, 2.05) is 0 Å². The molecule has 0 aliphatic rings. The predicted molar refractivity (Wildman–Crippen MR) is 83.4 cm³/mol. The second-order valence-corrected chi connectivity index (χ2v) is 5.00. The van der Waals surface area contributed by atoms with Gasteiger partial charge < -0.3 is 4.74 Å². The summed E-state index contributed by atoms with van der Waals surface area (Å²) >= 11 is 0. The van der Waals surface area contributed by atoms with Gasteiger partial charge >= 0.3 is 5.97 Å². The Morgan fingerprint density at radius 2 is 2.04 bits per heavy atom. The van der Waals surface area contributed by atoms with Gasteiger partial charge in [-0.3, -0.25) is 15.1 Å². The van der Waals surface area contributed by atoms with Crippen LogP contribution in [-0.2, 0) is 17.9 Å². The maximum absolute atomic E-state index is 11.8. The molecule has 0 radical (unpaired) electrons. The van der Waals surface area contributed by atoms with E-state index in [0.29, 0.717) is 12.2 Å². The summed E-state index contributed by atoms with van der Waals surface area (Å²) in [6.07, 6.45) is 5.80. The highest BCUT2D eigenvalue weighted by Crippen LogP contribution is 2.12. The lowest BCUT2D eigenvalue weighted by molar-refractivity contribution is -0.384. The van der Waals surface area contributed by atoms with E-state index >= 15 is 0 Å². The van der Waals surface area contributed by atoms with E-state index in [0.717, 1.165) is 5.56 Å². The molecule has 1 aromatic carbocycles. The largest absolute Gasteiger partial charge is 0.454 e. The minimum absolute atomic E-state index is 0.0268. The van der Waals surface area contributed by atoms with Gasteiger partial charge in [0.2, 0.25) is 0 Å². The first-order chi connectivity index (χ1) is 12.1. The molecule has 0 aliphatic carbocycles. The Morgan fingerprint density at radius 1 is 1.24 bits per heavy atom. The molecule has 0 aliphatic heterocycles. The number of ether oxygens (including phenoxy) is 1. The van der Waals surface area contributed by atoms with E-state index in [2.05, 4.69) is 20.3 Å². The number of nitro groups is 1. The van der Waals surface area contributed by atoms with Crippen molar-refractivity contribution in [2.45, 2.75) is 13.2 Å². The lowest BCUT2D eigenvalue weighted by atomic mass is 10.2. The lowest BCUT2D eigenvalue weighted by Gasteiger charge is -2.01. The standard InChI is InChI=1S/C15H12N6O4/c22-15(14-7-16-5-6-17-14)25-10-12-9-20(19-18-12)8-11-1-3-13(4-2-11)21(23)24/h1-7,9H,8,10H2. The number of non-ortho nitro benzene ring substituents is 1. The van der Waals surface area contributed by atoms with Crippen molar-refractivity contribution in [2.75, 3.05) is 0 Å². The van der Waals surface area contributed by atoms with Crippen LogP contribution in [0.25, 0.3) is 0 Å². The van der Waals surface area contributed by atoms with Crippen LogP contribution < -0.4 is 0 Å². The highest BCUT2D eigenvalue weighted by molar-refractivity contribution is 5.86.